The highest BCUT2D eigenvalue weighted by molar-refractivity contribution is 5.33. The Morgan fingerprint density at radius 1 is 1.29 bits per heavy atom. The third kappa shape index (κ3) is 3.29. The number of hydrogen-bond donors (Lipinski definition) is 1. The molecule has 1 aliphatic rings. The summed E-state index contributed by atoms with van der Waals surface area (Å²) in [6.07, 6.45) is 3.90. The Balaban J connectivity index is 1.98. The highest BCUT2D eigenvalue weighted by Gasteiger charge is 2.13. The van der Waals surface area contributed by atoms with E-state index in [9.17, 15) is 0 Å². The van der Waals surface area contributed by atoms with Crippen LogP contribution < -0.4 is 5.43 Å². The molecule has 0 amide bonds. The van der Waals surface area contributed by atoms with Crippen molar-refractivity contribution in [3.05, 3.63) is 35.4 Å². The molecule has 0 aliphatic carbocycles. The molecule has 1 fully saturated rings. The number of nitriles is 1. The van der Waals surface area contributed by atoms with E-state index in [0.29, 0.717) is 0 Å². The normalized spacial score (nSPS) is 18.6. The molecule has 0 spiro atoms. The summed E-state index contributed by atoms with van der Waals surface area (Å²) in [5.74, 6) is 0. The van der Waals surface area contributed by atoms with Crippen LogP contribution >= 0.6 is 0 Å². The zero-order valence-electron chi connectivity index (χ0n) is 10.3. The van der Waals surface area contributed by atoms with Gasteiger partial charge < -0.3 is 0 Å². The highest BCUT2D eigenvalue weighted by Crippen LogP contribution is 2.16. The van der Waals surface area contributed by atoms with E-state index < -0.39 is 0 Å². The summed E-state index contributed by atoms with van der Waals surface area (Å²) in [7, 11) is 0. The van der Waals surface area contributed by atoms with E-state index in [4.69, 9.17) is 5.26 Å². The Morgan fingerprint density at radius 3 is 2.76 bits per heavy atom. The first-order chi connectivity index (χ1) is 8.29. The van der Waals surface area contributed by atoms with Gasteiger partial charge in [-0.05, 0) is 37.5 Å². The predicted molar refractivity (Wildman–Crippen MR) is 68.1 cm³/mol. The Bertz CT molecular complexity index is 402. The van der Waals surface area contributed by atoms with Crippen LogP contribution in [-0.4, -0.2) is 18.1 Å². The molecule has 1 N–H and O–H groups in total. The average Bonchev–Trinajstić information content (AvgIpc) is 2.40. The molecule has 1 aromatic carbocycles. The Labute approximate surface area is 103 Å². The molecule has 1 aliphatic heterocycles. The van der Waals surface area contributed by atoms with Gasteiger partial charge in [0.05, 0.1) is 11.6 Å². The first-order valence-corrected chi connectivity index (χ1v) is 6.31. The summed E-state index contributed by atoms with van der Waals surface area (Å²) >= 11 is 0. The number of hydrogen-bond acceptors (Lipinski definition) is 3. The van der Waals surface area contributed by atoms with E-state index >= 15 is 0 Å². The van der Waals surface area contributed by atoms with E-state index in [0.717, 1.165) is 18.7 Å². The Hall–Kier alpha value is -1.37. The monoisotopic (exact) mass is 229 g/mol. The van der Waals surface area contributed by atoms with Crippen LogP contribution in [0.1, 0.15) is 43.4 Å². The first kappa shape index (κ1) is 12.1. The van der Waals surface area contributed by atoms with Crippen molar-refractivity contribution in [2.24, 2.45) is 0 Å². The van der Waals surface area contributed by atoms with Gasteiger partial charge in [-0.2, -0.15) is 5.26 Å². The van der Waals surface area contributed by atoms with Crippen LogP contribution in [0.15, 0.2) is 24.3 Å². The van der Waals surface area contributed by atoms with Gasteiger partial charge in [-0.25, -0.2) is 10.4 Å². The summed E-state index contributed by atoms with van der Waals surface area (Å²) in [4.78, 5) is 0. The lowest BCUT2D eigenvalue weighted by Gasteiger charge is -2.30. The van der Waals surface area contributed by atoms with Gasteiger partial charge in [0.1, 0.15) is 0 Å². The maximum atomic E-state index is 8.88. The molecule has 0 aromatic heterocycles. The average molecular weight is 229 g/mol. The molecule has 17 heavy (non-hydrogen) atoms. The van der Waals surface area contributed by atoms with Gasteiger partial charge in [-0.1, -0.05) is 18.6 Å². The Kier molecular flexibility index (Phi) is 4.13. The van der Waals surface area contributed by atoms with Gasteiger partial charge in [-0.3, -0.25) is 0 Å². The lowest BCUT2D eigenvalue weighted by Crippen LogP contribution is -2.42. The summed E-state index contributed by atoms with van der Waals surface area (Å²) in [5.41, 5.74) is 5.42. The van der Waals surface area contributed by atoms with Crippen LogP contribution in [0.25, 0.3) is 0 Å². The minimum atomic E-state index is 0.265. The van der Waals surface area contributed by atoms with Crippen LogP contribution in [-0.2, 0) is 0 Å². The molecule has 90 valence electrons. The minimum Gasteiger partial charge on any atom is -0.248 e. The zero-order valence-corrected chi connectivity index (χ0v) is 10.3. The summed E-state index contributed by atoms with van der Waals surface area (Å²) < 4.78 is 0. The Morgan fingerprint density at radius 2 is 2.06 bits per heavy atom. The number of nitrogens with zero attached hydrogens (tertiary/aromatic N) is 2. The third-order valence-corrected chi connectivity index (χ3v) is 3.25. The van der Waals surface area contributed by atoms with E-state index in [1.54, 1.807) is 0 Å². The molecule has 1 atom stereocenters. The molecular weight excluding hydrogens is 210 g/mol. The number of rotatable bonds is 3. The van der Waals surface area contributed by atoms with Crippen molar-refractivity contribution in [3.8, 4) is 6.07 Å². The van der Waals surface area contributed by atoms with Crippen molar-refractivity contribution in [1.82, 2.24) is 10.4 Å². The van der Waals surface area contributed by atoms with Crippen molar-refractivity contribution >= 4 is 0 Å². The van der Waals surface area contributed by atoms with Crippen LogP contribution in [0.3, 0.4) is 0 Å². The fourth-order valence-corrected chi connectivity index (χ4v) is 2.25. The van der Waals surface area contributed by atoms with Crippen molar-refractivity contribution in [3.63, 3.8) is 0 Å². The molecule has 3 nitrogen and oxygen atoms in total. The maximum absolute atomic E-state index is 8.88. The van der Waals surface area contributed by atoms with Gasteiger partial charge in [-0.15, -0.1) is 0 Å². The van der Waals surface area contributed by atoms with E-state index in [1.807, 2.05) is 18.2 Å². The minimum absolute atomic E-state index is 0.265. The quantitative estimate of drug-likeness (QED) is 0.866. The molecule has 1 unspecified atom stereocenters. The van der Waals surface area contributed by atoms with Crippen molar-refractivity contribution in [2.45, 2.75) is 32.2 Å². The van der Waals surface area contributed by atoms with Crippen molar-refractivity contribution in [2.75, 3.05) is 13.1 Å². The van der Waals surface area contributed by atoms with Crippen molar-refractivity contribution < 1.29 is 0 Å². The third-order valence-electron chi connectivity index (χ3n) is 3.25. The van der Waals surface area contributed by atoms with E-state index in [1.165, 1.54) is 24.8 Å². The van der Waals surface area contributed by atoms with Crippen LogP contribution in [0.2, 0.25) is 0 Å². The molecular formula is C14H19N3. The van der Waals surface area contributed by atoms with Gasteiger partial charge in [0, 0.05) is 19.1 Å². The fraction of sp³-hybridized carbons (Fsp3) is 0.500. The number of hydrazine groups is 1. The van der Waals surface area contributed by atoms with Gasteiger partial charge in [0.15, 0.2) is 0 Å². The zero-order chi connectivity index (χ0) is 12.1. The first-order valence-electron chi connectivity index (χ1n) is 6.31. The lowest BCUT2D eigenvalue weighted by molar-refractivity contribution is 0.133. The number of piperidine rings is 1. The molecule has 0 radical (unpaired) electrons. The highest BCUT2D eigenvalue weighted by atomic mass is 15.5. The van der Waals surface area contributed by atoms with E-state index in [2.05, 4.69) is 29.5 Å². The van der Waals surface area contributed by atoms with Gasteiger partial charge in [0.2, 0.25) is 0 Å². The van der Waals surface area contributed by atoms with Crippen LogP contribution in [0.5, 0.6) is 0 Å². The summed E-state index contributed by atoms with van der Waals surface area (Å²) in [6.45, 7) is 4.40. The van der Waals surface area contributed by atoms with E-state index in [-0.39, 0.29) is 6.04 Å². The standard InChI is InChI=1S/C14H19N3/c1-12(16-17-8-3-2-4-9-17)14-7-5-6-13(10-14)11-15/h5-7,10,12,16H,2-4,8-9H2,1H3. The summed E-state index contributed by atoms with van der Waals surface area (Å²) in [5, 5.41) is 11.2. The largest absolute Gasteiger partial charge is 0.248 e. The molecule has 1 saturated heterocycles. The molecule has 3 heteroatoms. The SMILES string of the molecule is CC(NN1CCCCC1)c1cccc(C#N)c1. The lowest BCUT2D eigenvalue weighted by atomic mass is 10.1. The molecule has 1 heterocycles. The van der Waals surface area contributed by atoms with Gasteiger partial charge in [0.25, 0.3) is 0 Å². The number of benzene rings is 1. The summed E-state index contributed by atoms with van der Waals surface area (Å²) in [6, 6.07) is 10.3. The molecule has 1 aromatic rings. The second-order valence-corrected chi connectivity index (χ2v) is 4.64. The topological polar surface area (TPSA) is 39.1 Å². The van der Waals surface area contributed by atoms with Gasteiger partial charge >= 0.3 is 0 Å². The number of nitrogens with one attached hydrogen (secondary N) is 1. The maximum Gasteiger partial charge on any atom is 0.0991 e. The van der Waals surface area contributed by atoms with Crippen LogP contribution in [0.4, 0.5) is 0 Å². The van der Waals surface area contributed by atoms with Crippen molar-refractivity contribution in [1.29, 1.82) is 5.26 Å². The smallest absolute Gasteiger partial charge is 0.0991 e. The fourth-order valence-electron chi connectivity index (χ4n) is 2.25. The molecule has 2 rings (SSSR count). The molecule has 0 bridgehead atoms. The second kappa shape index (κ2) is 5.81. The predicted octanol–water partition coefficient (Wildman–Crippen LogP) is 2.61. The molecule has 0 saturated carbocycles. The van der Waals surface area contributed by atoms with Crippen LogP contribution in [0, 0.1) is 11.3 Å². The second-order valence-electron chi connectivity index (χ2n) is 4.64.